The van der Waals surface area contributed by atoms with E-state index in [1.807, 2.05) is 64.2 Å². The number of nitrogens with zero attached hydrogens (tertiary/aromatic N) is 2. The van der Waals surface area contributed by atoms with Crippen molar-refractivity contribution in [1.82, 2.24) is 5.32 Å². The second-order valence-corrected chi connectivity index (χ2v) is 14.8. The molecule has 0 saturated carbocycles. The van der Waals surface area contributed by atoms with Crippen LogP contribution < -0.4 is 5.32 Å². The molecule has 0 aliphatic heterocycles. The van der Waals surface area contributed by atoms with Gasteiger partial charge in [-0.2, -0.15) is 10.5 Å². The maximum atomic E-state index is 12.5. The van der Waals surface area contributed by atoms with Crippen LogP contribution in [0.15, 0.2) is 30.3 Å². The largest absolute Gasteiger partial charge is 0.444 e. The summed E-state index contributed by atoms with van der Waals surface area (Å²) in [6.07, 6.45) is 0.265. The zero-order chi connectivity index (χ0) is 23.2. The molecule has 0 saturated heterocycles. The first kappa shape index (κ1) is 25.7. The molecule has 0 heterocycles. The fourth-order valence-corrected chi connectivity index (χ4v) is 3.98. The van der Waals surface area contributed by atoms with E-state index >= 15 is 0 Å². The quantitative estimate of drug-likeness (QED) is 0.592. The van der Waals surface area contributed by atoms with Crippen molar-refractivity contribution < 1.29 is 14.0 Å². The van der Waals surface area contributed by atoms with E-state index in [1.54, 1.807) is 20.8 Å². The Labute approximate surface area is 182 Å². The molecule has 0 aliphatic rings. The van der Waals surface area contributed by atoms with Crippen LogP contribution in [0.5, 0.6) is 0 Å². The van der Waals surface area contributed by atoms with Gasteiger partial charge < -0.3 is 14.5 Å². The van der Waals surface area contributed by atoms with Crippen molar-refractivity contribution in [2.24, 2.45) is 0 Å². The maximum absolute atomic E-state index is 12.5. The Morgan fingerprint density at radius 2 is 1.60 bits per heavy atom. The van der Waals surface area contributed by atoms with E-state index in [1.165, 1.54) is 0 Å². The molecule has 1 aromatic carbocycles. The van der Waals surface area contributed by atoms with Gasteiger partial charge in [-0.15, -0.1) is 0 Å². The van der Waals surface area contributed by atoms with Crippen LogP contribution in [-0.4, -0.2) is 31.7 Å². The smallest absolute Gasteiger partial charge is 0.408 e. The standard InChI is InChI=1S/C23H35N3O3Si/c1-21(2,3)28-20(27)26-19(15-14-18-12-10-9-11-13-18)23(16-24,17-25)29-30(7,8)22(4,5)6/h9-13,19H,14-15H2,1-8H3,(H,26,27)/t19-/m1/s1. The first-order chi connectivity index (χ1) is 13.7. The van der Waals surface area contributed by atoms with Gasteiger partial charge in [0.15, 0.2) is 8.32 Å². The van der Waals surface area contributed by atoms with E-state index in [0.29, 0.717) is 12.8 Å². The number of alkyl carbamates (subject to hydrolysis) is 1. The van der Waals surface area contributed by atoms with Crippen LogP contribution in [0, 0.1) is 22.7 Å². The molecule has 0 fully saturated rings. The lowest BCUT2D eigenvalue weighted by Gasteiger charge is -2.42. The van der Waals surface area contributed by atoms with Crippen molar-refractivity contribution in [3.05, 3.63) is 35.9 Å². The molecule has 0 bridgehead atoms. The normalized spacial score (nSPS) is 13.7. The van der Waals surface area contributed by atoms with Gasteiger partial charge in [-0.25, -0.2) is 4.79 Å². The molecule has 0 aromatic heterocycles. The van der Waals surface area contributed by atoms with Crippen molar-refractivity contribution >= 4 is 14.4 Å². The topological polar surface area (TPSA) is 95.1 Å². The highest BCUT2D eigenvalue weighted by atomic mass is 28.4. The lowest BCUT2D eigenvalue weighted by Crippen LogP contribution is -2.59. The summed E-state index contributed by atoms with van der Waals surface area (Å²) >= 11 is 0. The lowest BCUT2D eigenvalue weighted by molar-refractivity contribution is 0.0405. The molecule has 1 atom stereocenters. The highest BCUT2D eigenvalue weighted by molar-refractivity contribution is 6.74. The monoisotopic (exact) mass is 429 g/mol. The minimum absolute atomic E-state index is 0.206. The van der Waals surface area contributed by atoms with Gasteiger partial charge in [0.1, 0.15) is 17.7 Å². The van der Waals surface area contributed by atoms with Gasteiger partial charge in [-0.3, -0.25) is 0 Å². The van der Waals surface area contributed by atoms with Crippen LogP contribution in [0.2, 0.25) is 18.1 Å². The zero-order valence-corrected chi connectivity index (χ0v) is 20.5. The third-order valence-electron chi connectivity index (χ3n) is 5.30. The third-order valence-corrected chi connectivity index (χ3v) is 9.75. The lowest BCUT2D eigenvalue weighted by atomic mass is 9.92. The molecule has 1 N–H and O–H groups in total. The summed E-state index contributed by atoms with van der Waals surface area (Å²) in [4.78, 5) is 12.5. The number of benzene rings is 1. The van der Waals surface area contributed by atoms with Crippen LogP contribution in [0.1, 0.15) is 53.5 Å². The molecule has 164 valence electrons. The summed E-state index contributed by atoms with van der Waals surface area (Å²) in [6.45, 7) is 15.4. The van der Waals surface area contributed by atoms with Crippen molar-refractivity contribution in [3.63, 3.8) is 0 Å². The summed E-state index contributed by atoms with van der Waals surface area (Å²) in [5.41, 5.74) is -1.46. The number of hydrogen-bond acceptors (Lipinski definition) is 5. The first-order valence-electron chi connectivity index (χ1n) is 10.2. The number of carbonyl (C=O) groups is 1. The number of amides is 1. The van der Waals surface area contributed by atoms with E-state index in [0.717, 1.165) is 5.56 Å². The second-order valence-electron chi connectivity index (χ2n) is 10.0. The molecule has 7 heteroatoms. The van der Waals surface area contributed by atoms with Crippen molar-refractivity contribution in [3.8, 4) is 12.1 Å². The molecular formula is C23H35N3O3Si. The molecule has 1 aromatic rings. The number of ether oxygens (including phenoxy) is 1. The van der Waals surface area contributed by atoms with Crippen molar-refractivity contribution in [2.75, 3.05) is 0 Å². The number of rotatable bonds is 7. The molecule has 0 unspecified atom stereocenters. The molecule has 1 amide bonds. The summed E-state index contributed by atoms with van der Waals surface area (Å²) in [5.74, 6) is 0. The van der Waals surface area contributed by atoms with Gasteiger partial charge in [0, 0.05) is 0 Å². The van der Waals surface area contributed by atoms with Crippen LogP contribution in [0.4, 0.5) is 4.79 Å². The number of hydrogen-bond donors (Lipinski definition) is 1. The average molecular weight is 430 g/mol. The molecule has 0 radical (unpaired) electrons. The van der Waals surface area contributed by atoms with Crippen LogP contribution in [0.25, 0.3) is 0 Å². The van der Waals surface area contributed by atoms with Crippen LogP contribution in [-0.2, 0) is 15.6 Å². The van der Waals surface area contributed by atoms with E-state index in [-0.39, 0.29) is 5.04 Å². The van der Waals surface area contributed by atoms with Gasteiger partial charge in [0.2, 0.25) is 0 Å². The Hall–Kier alpha value is -2.35. The van der Waals surface area contributed by atoms with Crippen molar-refractivity contribution in [2.45, 2.75) is 89.8 Å². The number of nitriles is 2. The maximum Gasteiger partial charge on any atom is 0.408 e. The van der Waals surface area contributed by atoms with Gasteiger partial charge in [-0.05, 0) is 57.3 Å². The Morgan fingerprint density at radius 1 is 1.07 bits per heavy atom. The Kier molecular flexibility index (Phi) is 8.25. The predicted molar refractivity (Wildman–Crippen MR) is 120 cm³/mol. The average Bonchev–Trinajstić information content (AvgIpc) is 2.61. The van der Waals surface area contributed by atoms with Crippen molar-refractivity contribution in [1.29, 1.82) is 10.5 Å². The van der Waals surface area contributed by atoms with Gasteiger partial charge in [-0.1, -0.05) is 51.1 Å². The van der Waals surface area contributed by atoms with Gasteiger partial charge in [0.05, 0.1) is 6.04 Å². The van der Waals surface area contributed by atoms with E-state index < -0.39 is 31.7 Å². The van der Waals surface area contributed by atoms with Crippen LogP contribution in [0.3, 0.4) is 0 Å². The first-order valence-corrected chi connectivity index (χ1v) is 13.1. The molecule has 30 heavy (non-hydrogen) atoms. The third kappa shape index (κ3) is 7.16. The minimum atomic E-state index is -2.49. The molecular weight excluding hydrogens is 394 g/mol. The summed E-state index contributed by atoms with van der Waals surface area (Å²) < 4.78 is 11.7. The fraction of sp³-hybridized carbons (Fsp3) is 0.609. The van der Waals surface area contributed by atoms with E-state index in [4.69, 9.17) is 9.16 Å². The molecule has 0 spiro atoms. The SMILES string of the molecule is CC(C)(C)OC(=O)N[C@H](CCc1ccccc1)C(C#N)(C#N)O[Si](C)(C)C(C)(C)C. The summed E-state index contributed by atoms with van der Waals surface area (Å²) in [5, 5.41) is 22.6. The summed E-state index contributed by atoms with van der Waals surface area (Å²) in [6, 6.07) is 13.0. The number of nitrogens with one attached hydrogen (secondary N) is 1. The molecule has 6 nitrogen and oxygen atoms in total. The number of aryl methyl sites for hydroxylation is 1. The Bertz CT molecular complexity index is 782. The Balaban J connectivity index is 3.26. The zero-order valence-electron chi connectivity index (χ0n) is 19.5. The predicted octanol–water partition coefficient (Wildman–Crippen LogP) is 5.32. The molecule has 0 aliphatic carbocycles. The van der Waals surface area contributed by atoms with Gasteiger partial charge in [0.25, 0.3) is 5.60 Å². The van der Waals surface area contributed by atoms with E-state index in [2.05, 4.69) is 17.5 Å². The minimum Gasteiger partial charge on any atom is -0.444 e. The second kappa shape index (κ2) is 9.64. The fourth-order valence-electron chi connectivity index (χ4n) is 2.64. The number of carbonyl (C=O) groups excluding carboxylic acids is 1. The Morgan fingerprint density at radius 3 is 2.03 bits per heavy atom. The highest BCUT2D eigenvalue weighted by Gasteiger charge is 2.50. The van der Waals surface area contributed by atoms with Crippen LogP contribution >= 0.6 is 0 Å². The highest BCUT2D eigenvalue weighted by Crippen LogP contribution is 2.40. The summed E-state index contributed by atoms with van der Waals surface area (Å²) in [7, 11) is -2.49. The van der Waals surface area contributed by atoms with E-state index in [9.17, 15) is 15.3 Å². The molecule has 1 rings (SSSR count). The van der Waals surface area contributed by atoms with Gasteiger partial charge >= 0.3 is 6.09 Å².